The highest BCUT2D eigenvalue weighted by molar-refractivity contribution is 6.06. The Labute approximate surface area is 161 Å². The zero-order valence-corrected chi connectivity index (χ0v) is 15.5. The van der Waals surface area contributed by atoms with Gasteiger partial charge in [0, 0.05) is 28.8 Å². The number of carbonyl (C=O) groups is 2. The maximum Gasteiger partial charge on any atom is 0.339 e. The summed E-state index contributed by atoms with van der Waals surface area (Å²) in [5.74, 6) is -1.03. The fourth-order valence-corrected chi connectivity index (χ4v) is 3.02. The van der Waals surface area contributed by atoms with Crippen molar-refractivity contribution in [2.45, 2.75) is 20.3 Å². The number of nitro benzene ring substituents is 1. The Bertz CT molecular complexity index is 1070. The minimum absolute atomic E-state index is 0.112. The van der Waals surface area contributed by atoms with Crippen LogP contribution in [0.1, 0.15) is 38.9 Å². The lowest BCUT2D eigenvalue weighted by Crippen LogP contribution is -2.16. The van der Waals surface area contributed by atoms with E-state index in [-0.39, 0.29) is 11.3 Å². The van der Waals surface area contributed by atoms with Gasteiger partial charge in [0.1, 0.15) is 0 Å². The molecule has 0 aliphatic heterocycles. The molecular weight excluding hydrogens is 360 g/mol. The van der Waals surface area contributed by atoms with E-state index in [1.54, 1.807) is 6.07 Å². The summed E-state index contributed by atoms with van der Waals surface area (Å²) in [6.45, 7) is 3.32. The molecule has 0 fully saturated rings. The first-order valence-electron chi connectivity index (χ1n) is 8.75. The van der Waals surface area contributed by atoms with Crippen LogP contribution < -0.4 is 0 Å². The monoisotopic (exact) mass is 378 g/mol. The van der Waals surface area contributed by atoms with Crippen LogP contribution in [-0.2, 0) is 11.2 Å². The number of esters is 1. The number of para-hydroxylation sites is 1. The van der Waals surface area contributed by atoms with E-state index >= 15 is 0 Å². The van der Waals surface area contributed by atoms with Crippen molar-refractivity contribution in [1.29, 1.82) is 0 Å². The number of non-ortho nitro benzene ring substituents is 1. The van der Waals surface area contributed by atoms with E-state index in [0.29, 0.717) is 22.9 Å². The fourth-order valence-electron chi connectivity index (χ4n) is 3.02. The molecule has 1 aromatic heterocycles. The number of hydrogen-bond donors (Lipinski definition) is 0. The summed E-state index contributed by atoms with van der Waals surface area (Å²) in [4.78, 5) is 39.7. The molecule has 1 heterocycles. The predicted octanol–water partition coefficient (Wildman–Crippen LogP) is 4.05. The summed E-state index contributed by atoms with van der Waals surface area (Å²) in [7, 11) is 0. The Hall–Kier alpha value is -3.61. The van der Waals surface area contributed by atoms with Crippen LogP contribution in [0.25, 0.3) is 10.9 Å². The van der Waals surface area contributed by atoms with Gasteiger partial charge in [-0.3, -0.25) is 19.9 Å². The van der Waals surface area contributed by atoms with Crippen LogP contribution in [0, 0.1) is 17.0 Å². The number of ketones is 1. The number of rotatable bonds is 6. The molecule has 3 rings (SSSR count). The highest BCUT2D eigenvalue weighted by Gasteiger charge is 2.20. The smallest absolute Gasteiger partial charge is 0.339 e. The van der Waals surface area contributed by atoms with Crippen LogP contribution >= 0.6 is 0 Å². The van der Waals surface area contributed by atoms with Gasteiger partial charge in [0.15, 0.2) is 12.4 Å². The number of fused-ring (bicyclic) bond motifs is 1. The van der Waals surface area contributed by atoms with Crippen LogP contribution in [0.2, 0.25) is 0 Å². The summed E-state index contributed by atoms with van der Waals surface area (Å²) >= 11 is 0. The SMILES string of the molecule is CCc1nc2ccccc2c(C(=O)OCC(=O)c2ccc([N+](=O)[O-])cc2)c1C. The van der Waals surface area contributed by atoms with Crippen LogP contribution in [0.5, 0.6) is 0 Å². The van der Waals surface area contributed by atoms with E-state index in [4.69, 9.17) is 4.74 Å². The van der Waals surface area contributed by atoms with Gasteiger partial charge in [0.05, 0.1) is 16.0 Å². The molecule has 0 atom stereocenters. The molecule has 28 heavy (non-hydrogen) atoms. The van der Waals surface area contributed by atoms with Crippen LogP contribution in [0.4, 0.5) is 5.69 Å². The second-order valence-electron chi connectivity index (χ2n) is 6.23. The summed E-state index contributed by atoms with van der Waals surface area (Å²) < 4.78 is 5.26. The average Bonchev–Trinajstić information content (AvgIpc) is 2.71. The quantitative estimate of drug-likeness (QED) is 0.278. The molecule has 7 nitrogen and oxygen atoms in total. The molecule has 0 amide bonds. The molecule has 3 aromatic rings. The summed E-state index contributed by atoms with van der Waals surface area (Å²) in [6.07, 6.45) is 0.665. The third kappa shape index (κ3) is 3.73. The largest absolute Gasteiger partial charge is 0.454 e. The maximum absolute atomic E-state index is 12.7. The summed E-state index contributed by atoms with van der Waals surface area (Å²) in [6, 6.07) is 12.4. The van der Waals surface area contributed by atoms with Crippen molar-refractivity contribution in [2.75, 3.05) is 6.61 Å². The van der Waals surface area contributed by atoms with E-state index in [1.807, 2.05) is 32.0 Å². The second kappa shape index (κ2) is 7.96. The number of nitrogens with zero attached hydrogens (tertiary/aromatic N) is 2. The first-order valence-corrected chi connectivity index (χ1v) is 8.75. The lowest BCUT2D eigenvalue weighted by atomic mass is 10.0. The maximum atomic E-state index is 12.7. The van der Waals surface area contributed by atoms with Crippen molar-refractivity contribution < 1.29 is 19.2 Å². The molecule has 0 N–H and O–H groups in total. The van der Waals surface area contributed by atoms with E-state index in [1.165, 1.54) is 24.3 Å². The number of Topliss-reactive ketones (excluding diaryl/α,β-unsaturated/α-hetero) is 1. The molecule has 0 unspecified atom stereocenters. The van der Waals surface area contributed by atoms with Gasteiger partial charge >= 0.3 is 5.97 Å². The molecule has 0 spiro atoms. The molecule has 7 heteroatoms. The Kier molecular flexibility index (Phi) is 5.44. The minimum Gasteiger partial charge on any atom is -0.454 e. The standard InChI is InChI=1S/C21H18N2O5/c1-3-17-13(2)20(16-6-4-5-7-18(16)22-17)21(25)28-12-19(24)14-8-10-15(11-9-14)23(26)27/h4-11H,3,12H2,1-2H3. The molecular formula is C21H18N2O5. The van der Waals surface area contributed by atoms with Crippen LogP contribution in [-0.4, -0.2) is 28.3 Å². The summed E-state index contributed by atoms with van der Waals surface area (Å²) in [5.41, 5.74) is 2.75. The Morgan fingerprint density at radius 3 is 2.43 bits per heavy atom. The highest BCUT2D eigenvalue weighted by Crippen LogP contribution is 2.24. The third-order valence-electron chi connectivity index (χ3n) is 4.51. The Balaban J connectivity index is 1.82. The number of aromatic nitrogens is 1. The zero-order chi connectivity index (χ0) is 20.3. The Morgan fingerprint density at radius 2 is 1.79 bits per heavy atom. The second-order valence-corrected chi connectivity index (χ2v) is 6.23. The lowest BCUT2D eigenvalue weighted by molar-refractivity contribution is -0.384. The molecule has 0 saturated heterocycles. The number of nitro groups is 1. The lowest BCUT2D eigenvalue weighted by Gasteiger charge is -2.13. The van der Waals surface area contributed by atoms with Gasteiger partial charge in [-0.25, -0.2) is 4.79 Å². The zero-order valence-electron chi connectivity index (χ0n) is 15.5. The van der Waals surface area contributed by atoms with Crippen molar-refractivity contribution in [2.24, 2.45) is 0 Å². The number of carbonyl (C=O) groups excluding carboxylic acids is 2. The molecule has 0 radical (unpaired) electrons. The van der Waals surface area contributed by atoms with Gasteiger partial charge in [-0.05, 0) is 37.1 Å². The number of ether oxygens (including phenoxy) is 1. The van der Waals surface area contributed by atoms with Crippen molar-refractivity contribution in [1.82, 2.24) is 4.98 Å². The first kappa shape index (κ1) is 19.2. The third-order valence-corrected chi connectivity index (χ3v) is 4.51. The topological polar surface area (TPSA) is 99.4 Å². The first-order chi connectivity index (χ1) is 13.4. The van der Waals surface area contributed by atoms with Crippen LogP contribution in [0.3, 0.4) is 0 Å². The number of pyridine rings is 1. The molecule has 2 aromatic carbocycles. The highest BCUT2D eigenvalue weighted by atomic mass is 16.6. The number of benzene rings is 2. The van der Waals surface area contributed by atoms with E-state index in [9.17, 15) is 19.7 Å². The molecule has 142 valence electrons. The van der Waals surface area contributed by atoms with Crippen molar-refractivity contribution >= 4 is 28.3 Å². The molecule has 0 aliphatic carbocycles. The Morgan fingerprint density at radius 1 is 1.11 bits per heavy atom. The average molecular weight is 378 g/mol. The van der Waals surface area contributed by atoms with Crippen molar-refractivity contribution in [3.05, 3.63) is 81.0 Å². The fraction of sp³-hybridized carbons (Fsp3) is 0.190. The van der Waals surface area contributed by atoms with Gasteiger partial charge in [-0.1, -0.05) is 25.1 Å². The van der Waals surface area contributed by atoms with Crippen LogP contribution in [0.15, 0.2) is 48.5 Å². The van der Waals surface area contributed by atoms with Gasteiger partial charge in [0.25, 0.3) is 5.69 Å². The van der Waals surface area contributed by atoms with E-state index < -0.39 is 23.3 Å². The van der Waals surface area contributed by atoms with Gasteiger partial charge in [0.2, 0.25) is 0 Å². The van der Waals surface area contributed by atoms with Crippen molar-refractivity contribution in [3.8, 4) is 0 Å². The minimum atomic E-state index is -0.596. The van der Waals surface area contributed by atoms with Gasteiger partial charge in [-0.2, -0.15) is 0 Å². The molecule has 0 aliphatic rings. The normalized spacial score (nSPS) is 10.6. The van der Waals surface area contributed by atoms with Gasteiger partial charge < -0.3 is 4.74 Å². The van der Waals surface area contributed by atoms with Crippen molar-refractivity contribution in [3.63, 3.8) is 0 Å². The summed E-state index contributed by atoms with van der Waals surface area (Å²) in [5, 5.41) is 11.4. The van der Waals surface area contributed by atoms with Gasteiger partial charge in [-0.15, -0.1) is 0 Å². The van der Waals surface area contributed by atoms with E-state index in [2.05, 4.69) is 4.98 Å². The predicted molar refractivity (Wildman–Crippen MR) is 104 cm³/mol. The number of aryl methyl sites for hydroxylation is 1. The number of hydrogen-bond acceptors (Lipinski definition) is 6. The molecule has 0 bridgehead atoms. The van der Waals surface area contributed by atoms with E-state index in [0.717, 1.165) is 11.3 Å². The molecule has 0 saturated carbocycles.